The van der Waals surface area contributed by atoms with Gasteiger partial charge in [0.05, 0.1) is 10.0 Å². The molecule has 25 heavy (non-hydrogen) atoms. The average molecular weight is 401 g/mol. The minimum absolute atomic E-state index is 0.0546. The van der Waals surface area contributed by atoms with Crippen LogP contribution in [-0.4, -0.2) is 17.0 Å². The molecule has 5 nitrogen and oxygen atoms in total. The molecule has 8 heteroatoms. The minimum atomic E-state index is -1.11. The van der Waals surface area contributed by atoms with Crippen LogP contribution in [-0.2, 0) is 4.79 Å². The molecule has 2 rings (SSSR count). The molecule has 0 fully saturated rings. The van der Waals surface area contributed by atoms with Crippen LogP contribution in [0.15, 0.2) is 53.3 Å². The van der Waals surface area contributed by atoms with Gasteiger partial charge in [-0.15, -0.1) is 4.91 Å². The second-order valence-corrected chi connectivity index (χ2v) is 6.22. The quantitative estimate of drug-likeness (QED) is 0.385. The first kappa shape index (κ1) is 19.2. The lowest BCUT2D eigenvalue weighted by Gasteiger charge is -2.15. The number of ether oxygens (including phenoxy) is 1. The van der Waals surface area contributed by atoms with Crippen LogP contribution in [0, 0.1) is 4.91 Å². The van der Waals surface area contributed by atoms with E-state index in [1.165, 1.54) is 25.1 Å². The lowest BCUT2D eigenvalue weighted by atomic mass is 10.1. The highest BCUT2D eigenvalue weighted by molar-refractivity contribution is 6.35. The number of nitrogens with zero attached hydrogens (tertiary/aromatic N) is 1. The summed E-state index contributed by atoms with van der Waals surface area (Å²) in [6.45, 7) is 1.41. The Balaban J connectivity index is 2.33. The predicted octanol–water partition coefficient (Wildman–Crippen LogP) is 5.68. The van der Waals surface area contributed by atoms with Crippen molar-refractivity contribution in [3.8, 4) is 5.75 Å². The SMILES string of the molecule is CC(Oc1ccccc1Cl)C(=O)/C(N=O)=C(\O)c1ccc(Cl)cc1Cl. The first-order valence-electron chi connectivity index (χ1n) is 7.02. The lowest BCUT2D eigenvalue weighted by molar-refractivity contribution is -0.121. The van der Waals surface area contributed by atoms with Crippen molar-refractivity contribution in [3.05, 3.63) is 73.7 Å². The van der Waals surface area contributed by atoms with Crippen LogP contribution < -0.4 is 4.74 Å². The maximum atomic E-state index is 12.4. The number of hydrogen-bond acceptors (Lipinski definition) is 5. The summed E-state index contributed by atoms with van der Waals surface area (Å²) >= 11 is 17.7. The van der Waals surface area contributed by atoms with Crippen LogP contribution in [0.1, 0.15) is 12.5 Å². The summed E-state index contributed by atoms with van der Waals surface area (Å²) in [7, 11) is 0. The predicted molar refractivity (Wildman–Crippen MR) is 98.4 cm³/mol. The Kier molecular flexibility index (Phi) is 6.42. The van der Waals surface area contributed by atoms with Gasteiger partial charge < -0.3 is 9.84 Å². The molecule has 2 aromatic carbocycles. The molecular formula is C17H12Cl3NO4. The third kappa shape index (κ3) is 4.51. The molecular weight excluding hydrogens is 389 g/mol. The maximum absolute atomic E-state index is 12.4. The van der Waals surface area contributed by atoms with Crippen LogP contribution in [0.5, 0.6) is 5.75 Å². The van der Waals surface area contributed by atoms with Gasteiger partial charge in [-0.1, -0.05) is 46.9 Å². The summed E-state index contributed by atoms with van der Waals surface area (Å²) in [4.78, 5) is 23.6. The Morgan fingerprint density at radius 1 is 1.12 bits per heavy atom. The molecule has 0 aliphatic carbocycles. The molecule has 0 amide bonds. The molecule has 0 radical (unpaired) electrons. The standard InChI is InChI=1S/C17H12Cl3NO4/c1-9(25-14-5-3-2-4-12(14)19)16(22)15(21-24)17(23)11-7-6-10(18)8-13(11)20/h2-9,23H,1H3/b17-15+. The Labute approximate surface area is 158 Å². The third-order valence-corrected chi connectivity index (χ3v) is 4.10. The van der Waals surface area contributed by atoms with Gasteiger partial charge in [-0.2, -0.15) is 0 Å². The van der Waals surface area contributed by atoms with Crippen molar-refractivity contribution in [1.29, 1.82) is 0 Å². The molecule has 2 aromatic rings. The van der Waals surface area contributed by atoms with Gasteiger partial charge in [0.2, 0.25) is 5.78 Å². The number of Topliss-reactive ketones (excluding diaryl/α,β-unsaturated/α-hetero) is 1. The van der Waals surface area contributed by atoms with Gasteiger partial charge in [-0.3, -0.25) is 4.79 Å². The fourth-order valence-electron chi connectivity index (χ4n) is 1.99. The fraction of sp³-hybridized carbons (Fsp3) is 0.118. The third-order valence-electron chi connectivity index (χ3n) is 3.24. The van der Waals surface area contributed by atoms with Crippen LogP contribution in [0.3, 0.4) is 0 Å². The van der Waals surface area contributed by atoms with Crippen molar-refractivity contribution >= 4 is 46.3 Å². The normalized spacial score (nSPS) is 13.0. The number of aliphatic hydroxyl groups excluding tert-OH is 1. The van der Waals surface area contributed by atoms with Crippen molar-refractivity contribution in [2.45, 2.75) is 13.0 Å². The van der Waals surface area contributed by atoms with E-state index in [9.17, 15) is 14.8 Å². The smallest absolute Gasteiger partial charge is 0.228 e. The van der Waals surface area contributed by atoms with E-state index >= 15 is 0 Å². The van der Waals surface area contributed by atoms with Gasteiger partial charge in [-0.05, 0) is 42.4 Å². The van der Waals surface area contributed by atoms with Gasteiger partial charge in [0.15, 0.2) is 17.6 Å². The summed E-state index contributed by atoms with van der Waals surface area (Å²) < 4.78 is 5.45. The Morgan fingerprint density at radius 2 is 1.80 bits per heavy atom. The monoisotopic (exact) mass is 399 g/mol. The molecule has 0 aliphatic heterocycles. The molecule has 0 bridgehead atoms. The van der Waals surface area contributed by atoms with Gasteiger partial charge in [-0.25, -0.2) is 0 Å². The average Bonchev–Trinajstić information content (AvgIpc) is 2.57. The van der Waals surface area contributed by atoms with E-state index in [0.717, 1.165) is 0 Å². The lowest BCUT2D eigenvalue weighted by Crippen LogP contribution is -2.25. The van der Waals surface area contributed by atoms with E-state index in [2.05, 4.69) is 5.18 Å². The summed E-state index contributed by atoms with van der Waals surface area (Å²) in [5.41, 5.74) is -0.650. The number of rotatable bonds is 6. The van der Waals surface area contributed by atoms with E-state index in [1.54, 1.807) is 24.3 Å². The zero-order valence-electron chi connectivity index (χ0n) is 12.9. The van der Waals surface area contributed by atoms with Crippen molar-refractivity contribution < 1.29 is 14.6 Å². The van der Waals surface area contributed by atoms with Crippen LogP contribution >= 0.6 is 34.8 Å². The number of carbonyl (C=O) groups excluding carboxylic acids is 1. The van der Waals surface area contributed by atoms with Crippen LogP contribution in [0.4, 0.5) is 0 Å². The summed E-state index contributed by atoms with van der Waals surface area (Å²) in [5, 5.41) is 13.6. The highest BCUT2D eigenvalue weighted by Crippen LogP contribution is 2.29. The van der Waals surface area contributed by atoms with E-state index in [-0.39, 0.29) is 16.3 Å². The number of halogens is 3. The van der Waals surface area contributed by atoms with E-state index in [4.69, 9.17) is 39.5 Å². The van der Waals surface area contributed by atoms with Gasteiger partial charge >= 0.3 is 0 Å². The summed E-state index contributed by atoms with van der Waals surface area (Å²) in [6, 6.07) is 10.7. The second kappa shape index (κ2) is 8.34. The fourth-order valence-corrected chi connectivity index (χ4v) is 2.67. The summed E-state index contributed by atoms with van der Waals surface area (Å²) in [6.07, 6.45) is -1.11. The van der Waals surface area contributed by atoms with Gasteiger partial charge in [0.25, 0.3) is 0 Å². The highest BCUT2D eigenvalue weighted by Gasteiger charge is 2.26. The number of carbonyl (C=O) groups is 1. The van der Waals surface area contributed by atoms with Gasteiger partial charge in [0, 0.05) is 10.6 Å². The largest absolute Gasteiger partial charge is 0.505 e. The summed E-state index contributed by atoms with van der Waals surface area (Å²) in [5.74, 6) is -1.21. The van der Waals surface area contributed by atoms with Crippen LogP contribution in [0.2, 0.25) is 15.1 Å². The molecule has 0 saturated heterocycles. The molecule has 1 atom stereocenters. The molecule has 1 N–H and O–H groups in total. The molecule has 1 unspecified atom stereocenters. The topological polar surface area (TPSA) is 76.0 Å². The molecule has 0 heterocycles. The van der Waals surface area contributed by atoms with E-state index < -0.39 is 23.3 Å². The molecule has 0 spiro atoms. The Hall–Kier alpha value is -2.08. The molecule has 0 saturated carbocycles. The Morgan fingerprint density at radius 3 is 2.40 bits per heavy atom. The molecule has 0 aliphatic rings. The second-order valence-electron chi connectivity index (χ2n) is 4.97. The van der Waals surface area contributed by atoms with E-state index in [1.807, 2.05) is 0 Å². The molecule has 130 valence electrons. The highest BCUT2D eigenvalue weighted by atomic mass is 35.5. The number of aliphatic hydroxyl groups is 1. The number of nitroso groups, excluding NO2 is 1. The number of benzene rings is 2. The number of hydrogen-bond donors (Lipinski definition) is 1. The Bertz CT molecular complexity index is 852. The zero-order chi connectivity index (χ0) is 18.6. The minimum Gasteiger partial charge on any atom is -0.505 e. The first-order valence-corrected chi connectivity index (χ1v) is 8.16. The first-order chi connectivity index (χ1) is 11.8. The van der Waals surface area contributed by atoms with E-state index in [0.29, 0.717) is 10.0 Å². The van der Waals surface area contributed by atoms with Crippen molar-refractivity contribution in [3.63, 3.8) is 0 Å². The van der Waals surface area contributed by atoms with Crippen molar-refractivity contribution in [2.75, 3.05) is 0 Å². The number of para-hydroxylation sites is 1. The van der Waals surface area contributed by atoms with Crippen molar-refractivity contribution in [2.24, 2.45) is 5.18 Å². The maximum Gasteiger partial charge on any atom is 0.228 e. The van der Waals surface area contributed by atoms with Crippen LogP contribution in [0.25, 0.3) is 5.76 Å². The van der Waals surface area contributed by atoms with Gasteiger partial charge in [0.1, 0.15) is 5.75 Å². The van der Waals surface area contributed by atoms with Crippen molar-refractivity contribution in [1.82, 2.24) is 0 Å². The molecule has 0 aromatic heterocycles. The zero-order valence-corrected chi connectivity index (χ0v) is 15.1. The number of ketones is 1.